The van der Waals surface area contributed by atoms with Crippen LogP contribution in [0.25, 0.3) is 0 Å². The molecule has 6 nitrogen and oxygen atoms in total. The highest BCUT2D eigenvalue weighted by Gasteiger charge is 2.20. The molecular weight excluding hydrogens is 364 g/mol. The molecule has 0 bridgehead atoms. The number of methoxy groups -OCH3 is 1. The first-order valence-electron chi connectivity index (χ1n) is 7.15. The zero-order chi connectivity index (χ0) is 17.6. The zero-order valence-electron chi connectivity index (χ0n) is 14.1. The number of nitrogens with one attached hydrogen (secondary N) is 1. The van der Waals surface area contributed by atoms with Crippen molar-refractivity contribution in [3.05, 3.63) is 28.2 Å². The van der Waals surface area contributed by atoms with E-state index in [1.165, 1.54) is 11.9 Å². The van der Waals surface area contributed by atoms with Crippen molar-refractivity contribution in [3.63, 3.8) is 0 Å². The van der Waals surface area contributed by atoms with Gasteiger partial charge in [0.25, 0.3) is 0 Å². The largest absolute Gasteiger partial charge is 0.496 e. The number of carbonyl (C=O) groups is 2. The lowest BCUT2D eigenvalue weighted by molar-refractivity contribution is -0.122. The Kier molecular flexibility index (Phi) is 6.87. The van der Waals surface area contributed by atoms with Crippen molar-refractivity contribution in [3.8, 4) is 5.75 Å². The van der Waals surface area contributed by atoms with Crippen molar-refractivity contribution >= 4 is 27.9 Å². The fourth-order valence-electron chi connectivity index (χ4n) is 1.70. The van der Waals surface area contributed by atoms with Gasteiger partial charge in [-0.2, -0.15) is 0 Å². The fourth-order valence-corrected chi connectivity index (χ4v) is 2.28. The van der Waals surface area contributed by atoms with E-state index in [1.54, 1.807) is 27.9 Å². The number of benzene rings is 1. The molecule has 0 atom stereocenters. The molecular formula is C16H23BrN2O4. The third-order valence-electron chi connectivity index (χ3n) is 2.79. The Morgan fingerprint density at radius 2 is 1.96 bits per heavy atom. The topological polar surface area (TPSA) is 67.9 Å². The van der Waals surface area contributed by atoms with E-state index in [0.717, 1.165) is 15.8 Å². The zero-order valence-corrected chi connectivity index (χ0v) is 15.7. The van der Waals surface area contributed by atoms with Gasteiger partial charge in [0.1, 0.15) is 17.9 Å². The van der Waals surface area contributed by atoms with E-state index in [0.29, 0.717) is 6.54 Å². The van der Waals surface area contributed by atoms with E-state index >= 15 is 0 Å². The molecule has 23 heavy (non-hydrogen) atoms. The minimum Gasteiger partial charge on any atom is -0.496 e. The van der Waals surface area contributed by atoms with Crippen LogP contribution < -0.4 is 10.1 Å². The lowest BCUT2D eigenvalue weighted by Gasteiger charge is -2.24. The Morgan fingerprint density at radius 1 is 1.30 bits per heavy atom. The second kappa shape index (κ2) is 8.19. The third kappa shape index (κ3) is 6.90. The van der Waals surface area contributed by atoms with E-state index in [1.807, 2.05) is 18.2 Å². The maximum absolute atomic E-state index is 11.9. The number of likely N-dealkylation sites (N-methyl/N-ethyl adjacent to an activating group) is 1. The van der Waals surface area contributed by atoms with Gasteiger partial charge >= 0.3 is 6.09 Å². The average molecular weight is 387 g/mol. The monoisotopic (exact) mass is 386 g/mol. The molecule has 0 fully saturated rings. The molecule has 0 saturated carbocycles. The second-order valence-corrected chi connectivity index (χ2v) is 6.94. The average Bonchev–Trinajstić information content (AvgIpc) is 2.43. The first-order valence-corrected chi connectivity index (χ1v) is 7.95. The van der Waals surface area contributed by atoms with Crippen LogP contribution in [-0.4, -0.2) is 43.2 Å². The van der Waals surface area contributed by atoms with Crippen molar-refractivity contribution in [2.24, 2.45) is 0 Å². The van der Waals surface area contributed by atoms with E-state index < -0.39 is 11.7 Å². The summed E-state index contributed by atoms with van der Waals surface area (Å²) in [5.74, 6) is 0.468. The van der Waals surface area contributed by atoms with Gasteiger partial charge in [0.15, 0.2) is 0 Å². The molecule has 1 N–H and O–H groups in total. The van der Waals surface area contributed by atoms with Crippen LogP contribution in [-0.2, 0) is 16.1 Å². The van der Waals surface area contributed by atoms with E-state index in [-0.39, 0.29) is 12.5 Å². The van der Waals surface area contributed by atoms with Gasteiger partial charge in [0.05, 0.1) is 11.6 Å². The highest BCUT2D eigenvalue weighted by Crippen LogP contribution is 2.25. The summed E-state index contributed by atoms with van der Waals surface area (Å²) in [7, 11) is 3.12. The number of nitrogens with zero attached hydrogens (tertiary/aromatic N) is 1. The molecule has 0 heterocycles. The molecule has 0 aliphatic rings. The molecule has 0 saturated heterocycles. The van der Waals surface area contributed by atoms with Crippen LogP contribution in [0.4, 0.5) is 4.79 Å². The predicted molar refractivity (Wildman–Crippen MR) is 91.4 cm³/mol. The van der Waals surface area contributed by atoms with Crippen LogP contribution in [0.5, 0.6) is 5.75 Å². The number of rotatable bonds is 5. The third-order valence-corrected chi connectivity index (χ3v) is 3.41. The van der Waals surface area contributed by atoms with Crippen molar-refractivity contribution in [1.29, 1.82) is 0 Å². The summed E-state index contributed by atoms with van der Waals surface area (Å²) in [6.45, 7) is 5.64. The number of carbonyl (C=O) groups excluding carboxylic acids is 2. The SMILES string of the molecule is COc1ccc(CNC(=O)CN(C)C(=O)OC(C)(C)C)cc1Br. The van der Waals surface area contributed by atoms with Crippen molar-refractivity contribution < 1.29 is 19.1 Å². The number of halogens is 1. The molecule has 128 valence electrons. The lowest BCUT2D eigenvalue weighted by Crippen LogP contribution is -2.40. The predicted octanol–water partition coefficient (Wildman–Crippen LogP) is 2.94. The molecule has 0 aliphatic heterocycles. The maximum atomic E-state index is 11.9. The van der Waals surface area contributed by atoms with Crippen LogP contribution in [0.15, 0.2) is 22.7 Å². The number of hydrogen-bond acceptors (Lipinski definition) is 4. The van der Waals surface area contributed by atoms with Gasteiger partial charge < -0.3 is 19.7 Å². The summed E-state index contributed by atoms with van der Waals surface area (Å²) in [6, 6.07) is 5.55. The summed E-state index contributed by atoms with van der Waals surface area (Å²) in [5.41, 5.74) is 0.336. The van der Waals surface area contributed by atoms with Gasteiger partial charge in [-0.15, -0.1) is 0 Å². The Morgan fingerprint density at radius 3 is 2.48 bits per heavy atom. The van der Waals surface area contributed by atoms with Gasteiger partial charge in [0, 0.05) is 13.6 Å². The van der Waals surface area contributed by atoms with Gasteiger partial charge in [-0.3, -0.25) is 4.79 Å². The molecule has 1 aromatic rings. The van der Waals surface area contributed by atoms with Gasteiger partial charge in [-0.25, -0.2) is 4.79 Å². The smallest absolute Gasteiger partial charge is 0.410 e. The van der Waals surface area contributed by atoms with E-state index in [9.17, 15) is 9.59 Å². The van der Waals surface area contributed by atoms with Crippen LogP contribution in [0, 0.1) is 0 Å². The van der Waals surface area contributed by atoms with Crippen molar-refractivity contribution in [1.82, 2.24) is 10.2 Å². The molecule has 0 aromatic heterocycles. The van der Waals surface area contributed by atoms with Crippen LogP contribution in [0.3, 0.4) is 0 Å². The summed E-state index contributed by atoms with van der Waals surface area (Å²) in [6.07, 6.45) is -0.528. The molecule has 2 amide bonds. The summed E-state index contributed by atoms with van der Waals surface area (Å²) >= 11 is 3.39. The van der Waals surface area contributed by atoms with Crippen LogP contribution in [0.1, 0.15) is 26.3 Å². The van der Waals surface area contributed by atoms with E-state index in [4.69, 9.17) is 9.47 Å². The number of hydrogen-bond donors (Lipinski definition) is 1. The fraction of sp³-hybridized carbons (Fsp3) is 0.500. The van der Waals surface area contributed by atoms with Crippen molar-refractivity contribution in [2.75, 3.05) is 20.7 Å². The second-order valence-electron chi connectivity index (χ2n) is 6.08. The molecule has 0 radical (unpaired) electrons. The van der Waals surface area contributed by atoms with Gasteiger partial charge in [-0.05, 0) is 54.4 Å². The first kappa shape index (κ1) is 19.3. The Labute approximate surface area is 145 Å². The summed E-state index contributed by atoms with van der Waals surface area (Å²) in [4.78, 5) is 24.9. The lowest BCUT2D eigenvalue weighted by atomic mass is 10.2. The number of ether oxygens (including phenoxy) is 2. The Balaban J connectivity index is 2.48. The maximum Gasteiger partial charge on any atom is 0.410 e. The van der Waals surface area contributed by atoms with Crippen LogP contribution >= 0.6 is 15.9 Å². The molecule has 0 aliphatic carbocycles. The highest BCUT2D eigenvalue weighted by molar-refractivity contribution is 9.10. The standard InChI is InChI=1S/C16H23BrN2O4/c1-16(2,3)23-15(21)19(4)10-14(20)18-9-11-6-7-13(22-5)12(17)8-11/h6-8H,9-10H2,1-5H3,(H,18,20). The highest BCUT2D eigenvalue weighted by atomic mass is 79.9. The number of amides is 2. The van der Waals surface area contributed by atoms with Gasteiger partial charge in [0.2, 0.25) is 5.91 Å². The summed E-state index contributed by atoms with van der Waals surface area (Å²) in [5, 5.41) is 2.76. The quantitative estimate of drug-likeness (QED) is 0.844. The van der Waals surface area contributed by atoms with E-state index in [2.05, 4.69) is 21.2 Å². The molecule has 7 heteroatoms. The normalized spacial score (nSPS) is 10.9. The molecule has 0 spiro atoms. The Bertz CT molecular complexity index is 570. The first-order chi connectivity index (χ1) is 10.6. The van der Waals surface area contributed by atoms with Crippen molar-refractivity contribution in [2.45, 2.75) is 32.9 Å². The molecule has 0 unspecified atom stereocenters. The van der Waals surface area contributed by atoms with Gasteiger partial charge in [-0.1, -0.05) is 6.07 Å². The van der Waals surface area contributed by atoms with Crippen LogP contribution in [0.2, 0.25) is 0 Å². The minimum atomic E-state index is -0.586. The minimum absolute atomic E-state index is 0.0633. The summed E-state index contributed by atoms with van der Waals surface area (Å²) < 4.78 is 11.2. The molecule has 1 rings (SSSR count). The molecule has 1 aromatic carbocycles. The Hall–Kier alpha value is -1.76.